The van der Waals surface area contributed by atoms with Crippen molar-refractivity contribution in [1.29, 1.82) is 0 Å². The van der Waals surface area contributed by atoms with Gasteiger partial charge in [0.2, 0.25) is 11.8 Å². The van der Waals surface area contributed by atoms with Crippen molar-refractivity contribution in [1.82, 2.24) is 19.7 Å². The summed E-state index contributed by atoms with van der Waals surface area (Å²) >= 11 is 21.9. The third-order valence-electron chi connectivity index (χ3n) is 4.62. The number of carbonyl (C=O) groups excluding carboxylic acids is 4. The molecule has 0 aliphatic heterocycles. The highest BCUT2D eigenvalue weighted by Crippen LogP contribution is 2.36. The Kier molecular flexibility index (Phi) is 7.77. The van der Waals surface area contributed by atoms with E-state index in [2.05, 4.69) is 26.0 Å². The number of anilines is 1. The topological polar surface area (TPSA) is 105 Å². The molecule has 0 radical (unpaired) electrons. The minimum atomic E-state index is -0.879. The predicted octanol–water partition coefficient (Wildman–Crippen LogP) is 4.80. The first-order valence-corrected chi connectivity index (χ1v) is 11.4. The molecule has 9 nitrogen and oxygen atoms in total. The van der Waals surface area contributed by atoms with Gasteiger partial charge in [0.05, 0.1) is 21.3 Å². The number of carbonyl (C=O) groups is 4. The Morgan fingerprint density at radius 3 is 2.24 bits per heavy atom. The van der Waals surface area contributed by atoms with Crippen LogP contribution in [0.15, 0.2) is 41.1 Å². The van der Waals surface area contributed by atoms with Crippen molar-refractivity contribution in [2.75, 3.05) is 11.9 Å². The average Bonchev–Trinajstić information content (AvgIpc) is 3.15. The molecule has 34 heavy (non-hydrogen) atoms. The Morgan fingerprint density at radius 1 is 0.971 bits per heavy atom. The van der Waals surface area contributed by atoms with E-state index in [1.165, 1.54) is 38.4 Å². The Balaban J connectivity index is 2.24. The molecule has 1 aromatic carbocycles. The van der Waals surface area contributed by atoms with Gasteiger partial charge in [-0.15, -0.1) is 0 Å². The highest BCUT2D eigenvalue weighted by molar-refractivity contribution is 9.10. The number of amides is 4. The molecule has 0 spiro atoms. The second-order valence-corrected chi connectivity index (χ2v) is 8.96. The Bertz CT molecular complexity index is 1340. The number of nitrogens with zero attached hydrogens (tertiary/aromatic N) is 5. The van der Waals surface area contributed by atoms with Gasteiger partial charge < -0.3 is 0 Å². The molecule has 13 heteroatoms. The van der Waals surface area contributed by atoms with Gasteiger partial charge in [0, 0.05) is 38.2 Å². The molecule has 4 amide bonds. The van der Waals surface area contributed by atoms with Gasteiger partial charge in [-0.2, -0.15) is 5.10 Å². The smallest absolute Gasteiger partial charge is 0.282 e. The van der Waals surface area contributed by atoms with Crippen molar-refractivity contribution in [2.45, 2.75) is 13.8 Å². The number of pyridine rings is 1. The molecule has 0 saturated heterocycles. The minimum absolute atomic E-state index is 0.0676. The van der Waals surface area contributed by atoms with E-state index in [-0.39, 0.29) is 42.4 Å². The quantitative estimate of drug-likeness (QED) is 0.434. The van der Waals surface area contributed by atoms with Gasteiger partial charge >= 0.3 is 0 Å². The fourth-order valence-corrected chi connectivity index (χ4v) is 4.15. The fourth-order valence-electron chi connectivity index (χ4n) is 3.00. The maximum absolute atomic E-state index is 13.7. The average molecular weight is 588 g/mol. The summed E-state index contributed by atoms with van der Waals surface area (Å²) in [6, 6.07) is 7.01. The van der Waals surface area contributed by atoms with Crippen LogP contribution in [0.1, 0.15) is 34.7 Å². The number of rotatable bonds is 4. The van der Waals surface area contributed by atoms with Crippen LogP contribution >= 0.6 is 50.7 Å². The van der Waals surface area contributed by atoms with E-state index in [9.17, 15) is 19.2 Å². The lowest BCUT2D eigenvalue weighted by atomic mass is 10.1. The highest BCUT2D eigenvalue weighted by Gasteiger charge is 2.33. The van der Waals surface area contributed by atoms with Crippen molar-refractivity contribution >= 4 is 80.0 Å². The molecule has 3 rings (SSSR count). The molecule has 176 valence electrons. The molecule has 0 saturated carbocycles. The van der Waals surface area contributed by atoms with Crippen molar-refractivity contribution in [3.63, 3.8) is 0 Å². The second-order valence-electron chi connectivity index (χ2n) is 6.90. The van der Waals surface area contributed by atoms with Crippen molar-refractivity contribution < 1.29 is 19.2 Å². The zero-order chi connectivity index (χ0) is 25.3. The third-order valence-corrected chi connectivity index (χ3v) is 5.80. The molecule has 0 aliphatic rings. The predicted molar refractivity (Wildman–Crippen MR) is 131 cm³/mol. The van der Waals surface area contributed by atoms with Crippen molar-refractivity contribution in [3.8, 4) is 5.82 Å². The van der Waals surface area contributed by atoms with E-state index < -0.39 is 23.6 Å². The molecule has 0 N–H and O–H groups in total. The first-order valence-electron chi connectivity index (χ1n) is 9.43. The lowest BCUT2D eigenvalue weighted by molar-refractivity contribution is -0.125. The van der Waals surface area contributed by atoms with E-state index in [1.807, 2.05) is 0 Å². The van der Waals surface area contributed by atoms with Crippen LogP contribution in [0.4, 0.5) is 5.69 Å². The highest BCUT2D eigenvalue weighted by atomic mass is 79.9. The van der Waals surface area contributed by atoms with Crippen LogP contribution in [0.25, 0.3) is 5.82 Å². The van der Waals surface area contributed by atoms with Gasteiger partial charge in [-0.05, 0) is 40.2 Å². The van der Waals surface area contributed by atoms with Gasteiger partial charge in [-0.3, -0.25) is 24.1 Å². The van der Waals surface area contributed by atoms with Gasteiger partial charge in [0.1, 0.15) is 10.3 Å². The molecule has 3 aromatic rings. The summed E-state index contributed by atoms with van der Waals surface area (Å²) in [5.74, 6) is -2.88. The standard InChI is InChI=1S/C21H15BrCl3N5O4/c1-10(31)28(3)20(33)13-7-12(23)8-15(25)18(13)29(11(2)32)21(34)16-9-17(22)27-30(16)19-14(24)5-4-6-26-19/h4-9H,1-3H3. The van der Waals surface area contributed by atoms with Crippen LogP contribution < -0.4 is 4.90 Å². The molecule has 0 bridgehead atoms. The normalized spacial score (nSPS) is 10.7. The molecule has 0 aliphatic carbocycles. The molecular weight excluding hydrogens is 573 g/mol. The number of hydrogen-bond acceptors (Lipinski definition) is 6. The Hall–Kier alpha value is -2.79. The maximum Gasteiger partial charge on any atom is 0.283 e. The SMILES string of the molecule is CC(=O)N(C)C(=O)c1cc(Cl)cc(Cl)c1N(C(C)=O)C(=O)c1cc(Br)nn1-c1ncccc1Cl. The van der Waals surface area contributed by atoms with Crippen LogP contribution in [0.3, 0.4) is 0 Å². The summed E-state index contributed by atoms with van der Waals surface area (Å²) < 4.78 is 1.41. The van der Waals surface area contributed by atoms with E-state index >= 15 is 0 Å². The van der Waals surface area contributed by atoms with Crippen LogP contribution in [0, 0.1) is 0 Å². The third kappa shape index (κ3) is 5.00. The van der Waals surface area contributed by atoms with Crippen molar-refractivity contribution in [2.24, 2.45) is 0 Å². The summed E-state index contributed by atoms with van der Waals surface area (Å²) in [5, 5.41) is 4.31. The second kappa shape index (κ2) is 10.2. The largest absolute Gasteiger partial charge is 0.283 e. The molecule has 0 fully saturated rings. The zero-order valence-electron chi connectivity index (χ0n) is 17.8. The number of benzene rings is 1. The molecule has 2 aromatic heterocycles. The van der Waals surface area contributed by atoms with Gasteiger partial charge in [-0.1, -0.05) is 34.8 Å². The Morgan fingerprint density at radius 2 is 1.65 bits per heavy atom. The van der Waals surface area contributed by atoms with Crippen molar-refractivity contribution in [3.05, 3.63) is 67.5 Å². The van der Waals surface area contributed by atoms with Crippen LogP contribution in [0.2, 0.25) is 15.1 Å². The van der Waals surface area contributed by atoms with Gasteiger partial charge in [0.15, 0.2) is 5.82 Å². The number of imide groups is 2. The van der Waals surface area contributed by atoms with Gasteiger partial charge in [-0.25, -0.2) is 14.6 Å². The summed E-state index contributed by atoms with van der Waals surface area (Å²) in [6.07, 6.45) is 1.46. The maximum atomic E-state index is 13.7. The van der Waals surface area contributed by atoms with Crippen LogP contribution in [-0.2, 0) is 9.59 Å². The summed E-state index contributed by atoms with van der Waals surface area (Å²) in [7, 11) is 1.25. The molecule has 0 unspecified atom stereocenters. The summed E-state index contributed by atoms with van der Waals surface area (Å²) in [4.78, 5) is 56.9. The summed E-state index contributed by atoms with van der Waals surface area (Å²) in [6.45, 7) is 2.31. The van der Waals surface area contributed by atoms with E-state index in [4.69, 9.17) is 34.8 Å². The Labute approximate surface area is 217 Å². The zero-order valence-corrected chi connectivity index (χ0v) is 21.7. The minimum Gasteiger partial charge on any atom is -0.282 e. The lowest BCUT2D eigenvalue weighted by Crippen LogP contribution is -2.39. The molecule has 2 heterocycles. The van der Waals surface area contributed by atoms with E-state index in [0.29, 0.717) is 4.90 Å². The van der Waals surface area contributed by atoms with E-state index in [0.717, 1.165) is 16.5 Å². The monoisotopic (exact) mass is 585 g/mol. The van der Waals surface area contributed by atoms with Crippen LogP contribution in [-0.4, -0.2) is 50.3 Å². The molecule has 0 atom stereocenters. The first-order chi connectivity index (χ1) is 15.9. The summed E-state index contributed by atoms with van der Waals surface area (Å²) in [5.41, 5.74) is -0.565. The number of aromatic nitrogens is 3. The van der Waals surface area contributed by atoms with Gasteiger partial charge in [0.25, 0.3) is 11.8 Å². The van der Waals surface area contributed by atoms with E-state index in [1.54, 1.807) is 12.1 Å². The first kappa shape index (κ1) is 25.8. The molecular formula is C21H15BrCl3N5O4. The van der Waals surface area contributed by atoms with Crippen LogP contribution in [0.5, 0.6) is 0 Å². The number of hydrogen-bond donors (Lipinski definition) is 0. The lowest BCUT2D eigenvalue weighted by Gasteiger charge is -2.25. The number of halogens is 4. The fraction of sp³-hybridized carbons (Fsp3) is 0.143.